The third-order valence-corrected chi connectivity index (χ3v) is 17.0. The fourth-order valence-electron chi connectivity index (χ4n) is 14.2. The van der Waals surface area contributed by atoms with E-state index in [4.69, 9.17) is 4.74 Å². The number of para-hydroxylation sites is 1. The van der Waals surface area contributed by atoms with E-state index in [1.54, 1.807) is 0 Å². The van der Waals surface area contributed by atoms with Gasteiger partial charge in [0.25, 0.3) is 0 Å². The summed E-state index contributed by atoms with van der Waals surface area (Å²) in [4.78, 5) is 2.72. The molecule has 2 heteroatoms. The fourth-order valence-corrected chi connectivity index (χ4v) is 14.2. The smallest absolute Gasteiger partial charge is 0.155 e. The Balaban J connectivity index is 1.24. The van der Waals surface area contributed by atoms with Crippen molar-refractivity contribution < 1.29 is 4.74 Å². The van der Waals surface area contributed by atoms with Crippen molar-refractivity contribution in [2.24, 2.45) is 23.7 Å². The van der Waals surface area contributed by atoms with E-state index in [9.17, 15) is 0 Å². The lowest BCUT2D eigenvalue weighted by Crippen LogP contribution is -2.57. The third-order valence-electron chi connectivity index (χ3n) is 17.0. The highest BCUT2D eigenvalue weighted by Gasteiger charge is 2.62. The van der Waals surface area contributed by atoms with Crippen LogP contribution in [0.2, 0.25) is 0 Å². The van der Waals surface area contributed by atoms with Gasteiger partial charge in [0, 0.05) is 16.5 Å². The molecule has 5 aromatic carbocycles. The Kier molecular flexibility index (Phi) is 7.84. The number of hydrogen-bond donors (Lipinski definition) is 0. The van der Waals surface area contributed by atoms with Crippen LogP contribution in [0.15, 0.2) is 103 Å². The molecule has 0 unspecified atom stereocenters. The van der Waals surface area contributed by atoms with Crippen LogP contribution in [0, 0.1) is 23.7 Å². The normalized spacial score (nSPS) is 28.5. The van der Waals surface area contributed by atoms with Crippen LogP contribution in [0.25, 0.3) is 11.1 Å². The van der Waals surface area contributed by atoms with Gasteiger partial charge in [0.1, 0.15) is 5.75 Å². The van der Waals surface area contributed by atoms with Gasteiger partial charge in [-0.1, -0.05) is 134 Å². The molecule has 0 radical (unpaired) electrons. The van der Waals surface area contributed by atoms with Gasteiger partial charge in [-0.15, -0.1) is 0 Å². The summed E-state index contributed by atoms with van der Waals surface area (Å²) in [5, 5.41) is 0. The zero-order valence-corrected chi connectivity index (χ0v) is 36.3. The van der Waals surface area contributed by atoms with Gasteiger partial charge in [-0.3, -0.25) is 0 Å². The number of anilines is 3. The standard InChI is InChI=1S/C56H63NO/c1-52(2)26-28-54(5,6)49-41(52)19-13-22-44(49)57(45-23-14-20-42-50(45)55(7,8)29-27-53(42,3)4)46-24-15-21-43-51(46)58-47-25-12-18-40(37-16-10-9-11-17-37)48(47)56(43)38-31-35-30-36(33-38)34-39(56)32-35/h9-25,35-36,38-39H,26-34H2,1-8H3. The number of benzene rings is 5. The van der Waals surface area contributed by atoms with Crippen LogP contribution >= 0.6 is 0 Å². The van der Waals surface area contributed by atoms with Crippen LogP contribution in [-0.2, 0) is 27.1 Å². The fraction of sp³-hybridized carbons (Fsp3) is 0.464. The molecule has 5 aromatic rings. The second-order valence-electron chi connectivity index (χ2n) is 22.2. The Bertz CT molecular complexity index is 2350. The van der Waals surface area contributed by atoms with Gasteiger partial charge < -0.3 is 9.64 Å². The van der Waals surface area contributed by atoms with Crippen LogP contribution in [-0.4, -0.2) is 0 Å². The van der Waals surface area contributed by atoms with E-state index in [1.807, 2.05) is 0 Å². The minimum absolute atomic E-state index is 0.0128. The Hall–Kier alpha value is -4.30. The average molecular weight is 766 g/mol. The molecule has 12 rings (SSSR count). The van der Waals surface area contributed by atoms with Gasteiger partial charge in [0.15, 0.2) is 5.75 Å². The zero-order chi connectivity index (χ0) is 40.0. The third kappa shape index (κ3) is 5.08. The summed E-state index contributed by atoms with van der Waals surface area (Å²) in [6.07, 6.45) is 11.5. The van der Waals surface area contributed by atoms with E-state index in [-0.39, 0.29) is 27.1 Å². The predicted octanol–water partition coefficient (Wildman–Crippen LogP) is 15.4. The monoisotopic (exact) mass is 765 g/mol. The van der Waals surface area contributed by atoms with Crippen molar-refractivity contribution in [2.45, 2.75) is 140 Å². The summed E-state index contributed by atoms with van der Waals surface area (Å²) in [6.45, 7) is 19.9. The molecule has 6 aliphatic carbocycles. The maximum atomic E-state index is 7.66. The van der Waals surface area contributed by atoms with Crippen LogP contribution in [0.4, 0.5) is 17.1 Å². The highest BCUT2D eigenvalue weighted by Crippen LogP contribution is 2.71. The van der Waals surface area contributed by atoms with E-state index < -0.39 is 0 Å². The Labute approximate surface area is 348 Å². The number of nitrogens with zero attached hydrogens (tertiary/aromatic N) is 1. The highest BCUT2D eigenvalue weighted by atomic mass is 16.5. The largest absolute Gasteiger partial charge is 0.454 e. The topological polar surface area (TPSA) is 12.5 Å². The molecule has 1 aliphatic heterocycles. The molecule has 0 amide bonds. The summed E-state index contributed by atoms with van der Waals surface area (Å²) in [5.41, 5.74) is 15.5. The van der Waals surface area contributed by atoms with Crippen molar-refractivity contribution in [1.29, 1.82) is 0 Å². The lowest BCUT2D eigenvalue weighted by atomic mass is 9.41. The highest BCUT2D eigenvalue weighted by molar-refractivity contribution is 5.89. The molecule has 4 saturated carbocycles. The SMILES string of the molecule is CC1(C)CCC(C)(C)c2c(N(c3cccc4c3Oc3cccc(-c5ccccc5)c3C43C4CC5CC(C4)CC3C5)c3cccc4c3C(C)(C)CCC4(C)C)cccc21. The molecule has 4 fully saturated rings. The number of hydrogen-bond acceptors (Lipinski definition) is 2. The van der Waals surface area contributed by atoms with Gasteiger partial charge in [-0.2, -0.15) is 0 Å². The molecule has 1 heterocycles. The van der Waals surface area contributed by atoms with Crippen molar-refractivity contribution in [3.05, 3.63) is 137 Å². The van der Waals surface area contributed by atoms with Crippen LogP contribution < -0.4 is 9.64 Å². The molecule has 298 valence electrons. The molecular weight excluding hydrogens is 703 g/mol. The van der Waals surface area contributed by atoms with Gasteiger partial charge in [0.2, 0.25) is 0 Å². The summed E-state index contributed by atoms with van der Waals surface area (Å²) in [6, 6.07) is 40.0. The lowest BCUT2D eigenvalue weighted by molar-refractivity contribution is -0.0449. The first-order valence-electron chi connectivity index (χ1n) is 22.8. The Morgan fingerprint density at radius 3 is 1.48 bits per heavy atom. The quantitative estimate of drug-likeness (QED) is 0.181. The molecule has 4 bridgehead atoms. The minimum Gasteiger partial charge on any atom is -0.454 e. The molecule has 7 aliphatic rings. The van der Waals surface area contributed by atoms with Crippen molar-refractivity contribution in [2.75, 3.05) is 4.90 Å². The average Bonchev–Trinajstić information content (AvgIpc) is 3.20. The second kappa shape index (κ2) is 12.4. The van der Waals surface area contributed by atoms with Gasteiger partial charge in [0.05, 0.1) is 17.1 Å². The predicted molar refractivity (Wildman–Crippen MR) is 241 cm³/mol. The second-order valence-corrected chi connectivity index (χ2v) is 22.2. The molecule has 1 spiro atoms. The van der Waals surface area contributed by atoms with E-state index in [0.717, 1.165) is 36.2 Å². The van der Waals surface area contributed by atoms with Crippen LogP contribution in [0.1, 0.15) is 147 Å². The molecule has 2 nitrogen and oxygen atoms in total. The van der Waals surface area contributed by atoms with E-state index >= 15 is 0 Å². The summed E-state index contributed by atoms with van der Waals surface area (Å²) < 4.78 is 7.66. The van der Waals surface area contributed by atoms with Gasteiger partial charge in [-0.05, 0) is 161 Å². The maximum absolute atomic E-state index is 7.66. The molecule has 0 N–H and O–H groups in total. The molecule has 0 saturated heterocycles. The first-order valence-corrected chi connectivity index (χ1v) is 22.8. The van der Waals surface area contributed by atoms with Crippen LogP contribution in [0.5, 0.6) is 11.5 Å². The zero-order valence-electron chi connectivity index (χ0n) is 36.3. The van der Waals surface area contributed by atoms with E-state index in [1.165, 1.54) is 107 Å². The van der Waals surface area contributed by atoms with Crippen molar-refractivity contribution in [3.63, 3.8) is 0 Å². The minimum atomic E-state index is -0.0980. The molecule has 0 atom stereocenters. The Morgan fingerprint density at radius 2 is 0.931 bits per heavy atom. The van der Waals surface area contributed by atoms with E-state index in [2.05, 4.69) is 163 Å². The van der Waals surface area contributed by atoms with Crippen LogP contribution in [0.3, 0.4) is 0 Å². The maximum Gasteiger partial charge on any atom is 0.155 e. The number of ether oxygens (including phenoxy) is 1. The van der Waals surface area contributed by atoms with Gasteiger partial charge in [-0.25, -0.2) is 0 Å². The van der Waals surface area contributed by atoms with Crippen molar-refractivity contribution in [1.82, 2.24) is 0 Å². The number of rotatable bonds is 4. The van der Waals surface area contributed by atoms with Gasteiger partial charge >= 0.3 is 0 Å². The lowest BCUT2D eigenvalue weighted by Gasteiger charge is -2.63. The molecule has 58 heavy (non-hydrogen) atoms. The first-order chi connectivity index (χ1) is 27.7. The van der Waals surface area contributed by atoms with E-state index in [0.29, 0.717) is 11.8 Å². The van der Waals surface area contributed by atoms with Crippen molar-refractivity contribution >= 4 is 17.1 Å². The van der Waals surface area contributed by atoms with Crippen molar-refractivity contribution in [3.8, 4) is 22.6 Å². The number of fused-ring (bicyclic) bond motifs is 4. The first kappa shape index (κ1) is 36.8. The molecule has 0 aromatic heterocycles. The summed E-state index contributed by atoms with van der Waals surface area (Å²) in [5.74, 6) is 5.08. The molecular formula is C56H63NO. The summed E-state index contributed by atoms with van der Waals surface area (Å²) >= 11 is 0. The Morgan fingerprint density at radius 1 is 0.448 bits per heavy atom. The summed E-state index contributed by atoms with van der Waals surface area (Å²) in [7, 11) is 0.